The lowest BCUT2D eigenvalue weighted by Gasteiger charge is -2.26. The Bertz CT molecular complexity index is 1320. The van der Waals surface area contributed by atoms with Crippen LogP contribution in [0.4, 0.5) is 0 Å². The van der Waals surface area contributed by atoms with Gasteiger partial charge in [-0.1, -0.05) is 24.8 Å². The Morgan fingerprint density at radius 1 is 1.14 bits per heavy atom. The van der Waals surface area contributed by atoms with Gasteiger partial charge < -0.3 is 23.9 Å². The van der Waals surface area contributed by atoms with Gasteiger partial charge in [-0.15, -0.1) is 0 Å². The lowest BCUT2D eigenvalue weighted by atomic mass is 9.86. The molecule has 182 valence electrons. The van der Waals surface area contributed by atoms with E-state index in [0.29, 0.717) is 48.1 Å². The second kappa shape index (κ2) is 10.1. The van der Waals surface area contributed by atoms with E-state index in [2.05, 4.69) is 6.58 Å². The number of rotatable bonds is 8. The molecule has 0 saturated carbocycles. The van der Waals surface area contributed by atoms with E-state index in [0.717, 1.165) is 16.7 Å². The highest BCUT2D eigenvalue weighted by Crippen LogP contribution is 2.40. The lowest BCUT2D eigenvalue weighted by Crippen LogP contribution is -2.33. The summed E-state index contributed by atoms with van der Waals surface area (Å²) in [6, 6.07) is 14.1. The summed E-state index contributed by atoms with van der Waals surface area (Å²) in [5.74, 6) is 0.730. The smallest absolute Gasteiger partial charge is 0.312 e. The molecule has 1 aliphatic heterocycles. The maximum absolute atomic E-state index is 13.7. The number of carbonyl (C=O) groups is 1. The SMILES string of the molecule is C=C(C)COc1ccc([C@@H]2CC(=O)Oc3cc(C)n(CCc4ccc(O)cc4)c(=O)c32)cc1OC. The number of phenolic OH excluding ortho intramolecular Hbond substituents is 1. The standard InChI is InChI=1S/C28H29NO6/c1-17(2)16-34-23-10-7-20(14-24(23)33-4)22-15-26(31)35-25-13-18(3)29(28(32)27(22)25)12-11-19-5-8-21(30)9-6-19/h5-10,13-14,22,30H,1,11-12,15-16H2,2-4H3/t22-/m0/s1. The van der Waals surface area contributed by atoms with Gasteiger partial charge in [-0.3, -0.25) is 9.59 Å². The Kier molecular flexibility index (Phi) is 6.96. The molecule has 0 unspecified atom stereocenters. The second-order valence-electron chi connectivity index (χ2n) is 8.82. The molecule has 0 fully saturated rings. The summed E-state index contributed by atoms with van der Waals surface area (Å²) in [7, 11) is 1.55. The van der Waals surface area contributed by atoms with Crippen molar-refractivity contribution in [1.29, 1.82) is 0 Å². The molecule has 0 aliphatic carbocycles. The number of phenols is 1. The van der Waals surface area contributed by atoms with E-state index in [9.17, 15) is 14.7 Å². The van der Waals surface area contributed by atoms with Crippen molar-refractivity contribution in [3.05, 3.63) is 93.4 Å². The van der Waals surface area contributed by atoms with E-state index < -0.39 is 5.92 Å². The van der Waals surface area contributed by atoms with Gasteiger partial charge in [-0.05, 0) is 61.2 Å². The van der Waals surface area contributed by atoms with Crippen LogP contribution in [0.1, 0.15) is 41.6 Å². The first-order chi connectivity index (χ1) is 16.8. The van der Waals surface area contributed by atoms with E-state index in [1.54, 1.807) is 42.0 Å². The number of benzene rings is 2. The summed E-state index contributed by atoms with van der Waals surface area (Å²) in [4.78, 5) is 26.1. The molecule has 35 heavy (non-hydrogen) atoms. The van der Waals surface area contributed by atoms with Gasteiger partial charge in [0.25, 0.3) is 5.56 Å². The topological polar surface area (TPSA) is 87.0 Å². The molecule has 3 aromatic rings. The van der Waals surface area contributed by atoms with Gasteiger partial charge >= 0.3 is 5.97 Å². The van der Waals surface area contributed by atoms with Crippen LogP contribution in [0.15, 0.2) is 65.5 Å². The van der Waals surface area contributed by atoms with Gasteiger partial charge in [0, 0.05) is 24.2 Å². The van der Waals surface area contributed by atoms with E-state index in [4.69, 9.17) is 14.2 Å². The Labute approximate surface area is 204 Å². The van der Waals surface area contributed by atoms with Gasteiger partial charge in [0.2, 0.25) is 0 Å². The number of ether oxygens (including phenoxy) is 3. The molecule has 1 atom stereocenters. The molecule has 1 aliphatic rings. The molecule has 0 saturated heterocycles. The van der Waals surface area contributed by atoms with Gasteiger partial charge in [-0.25, -0.2) is 0 Å². The van der Waals surface area contributed by atoms with E-state index >= 15 is 0 Å². The molecule has 0 amide bonds. The zero-order chi connectivity index (χ0) is 25.1. The van der Waals surface area contributed by atoms with Crippen LogP contribution in [0.25, 0.3) is 0 Å². The van der Waals surface area contributed by atoms with Crippen molar-refractivity contribution in [3.8, 4) is 23.0 Å². The first-order valence-corrected chi connectivity index (χ1v) is 11.4. The monoisotopic (exact) mass is 475 g/mol. The Morgan fingerprint density at radius 2 is 1.89 bits per heavy atom. The summed E-state index contributed by atoms with van der Waals surface area (Å²) < 4.78 is 18.5. The number of aryl methyl sites for hydroxylation is 2. The molecule has 7 nitrogen and oxygen atoms in total. The molecule has 1 aromatic heterocycles. The predicted molar refractivity (Wildman–Crippen MR) is 133 cm³/mol. The number of esters is 1. The fourth-order valence-electron chi connectivity index (χ4n) is 4.28. The first kappa shape index (κ1) is 24.1. The molecular weight excluding hydrogens is 446 g/mol. The average Bonchev–Trinajstić information content (AvgIpc) is 2.82. The van der Waals surface area contributed by atoms with E-state index in [1.807, 2.05) is 32.0 Å². The van der Waals surface area contributed by atoms with Crippen LogP contribution in [0.5, 0.6) is 23.0 Å². The summed E-state index contributed by atoms with van der Waals surface area (Å²) in [6.07, 6.45) is 0.672. The number of fused-ring (bicyclic) bond motifs is 1. The van der Waals surface area contributed by atoms with Gasteiger partial charge in [-0.2, -0.15) is 0 Å². The van der Waals surface area contributed by atoms with Crippen molar-refractivity contribution in [2.75, 3.05) is 13.7 Å². The fourth-order valence-corrected chi connectivity index (χ4v) is 4.28. The minimum Gasteiger partial charge on any atom is -0.508 e. The maximum Gasteiger partial charge on any atom is 0.312 e. The van der Waals surface area contributed by atoms with Gasteiger partial charge in [0.15, 0.2) is 11.5 Å². The number of hydrogen-bond acceptors (Lipinski definition) is 6. The molecule has 1 N–H and O–H groups in total. The van der Waals surface area contributed by atoms with Crippen LogP contribution in [-0.4, -0.2) is 29.4 Å². The van der Waals surface area contributed by atoms with Crippen molar-refractivity contribution in [2.45, 2.75) is 39.2 Å². The summed E-state index contributed by atoms with van der Waals surface area (Å²) in [5.41, 5.74) is 3.64. The second-order valence-corrected chi connectivity index (χ2v) is 8.82. The van der Waals surface area contributed by atoms with Crippen LogP contribution in [0.3, 0.4) is 0 Å². The quantitative estimate of drug-likeness (QED) is 0.381. The zero-order valence-electron chi connectivity index (χ0n) is 20.2. The van der Waals surface area contributed by atoms with E-state index in [-0.39, 0.29) is 23.7 Å². The molecule has 4 rings (SSSR count). The van der Waals surface area contributed by atoms with Crippen LogP contribution >= 0.6 is 0 Å². The summed E-state index contributed by atoms with van der Waals surface area (Å²) in [6.45, 7) is 8.37. The minimum absolute atomic E-state index is 0.0540. The number of nitrogens with zero attached hydrogens (tertiary/aromatic N) is 1. The first-order valence-electron chi connectivity index (χ1n) is 11.4. The van der Waals surface area contributed by atoms with Crippen molar-refractivity contribution in [3.63, 3.8) is 0 Å². The van der Waals surface area contributed by atoms with Gasteiger partial charge in [0.05, 0.1) is 19.1 Å². The maximum atomic E-state index is 13.7. The number of carbonyl (C=O) groups excluding carboxylic acids is 1. The van der Waals surface area contributed by atoms with Crippen molar-refractivity contribution < 1.29 is 24.1 Å². The fraction of sp³-hybridized carbons (Fsp3) is 0.286. The third kappa shape index (κ3) is 5.24. The minimum atomic E-state index is -0.469. The molecular formula is C28H29NO6. The van der Waals surface area contributed by atoms with Crippen molar-refractivity contribution in [2.24, 2.45) is 0 Å². The predicted octanol–water partition coefficient (Wildman–Crippen LogP) is 4.51. The number of methoxy groups -OCH3 is 1. The average molecular weight is 476 g/mol. The van der Waals surface area contributed by atoms with E-state index in [1.165, 1.54) is 0 Å². The summed E-state index contributed by atoms with van der Waals surface area (Å²) in [5, 5.41) is 9.51. The molecule has 2 heterocycles. The third-order valence-corrected chi connectivity index (χ3v) is 6.07. The Balaban J connectivity index is 1.70. The largest absolute Gasteiger partial charge is 0.508 e. The Morgan fingerprint density at radius 3 is 2.57 bits per heavy atom. The van der Waals surface area contributed by atoms with Crippen molar-refractivity contribution in [1.82, 2.24) is 4.57 Å². The van der Waals surface area contributed by atoms with Crippen LogP contribution < -0.4 is 19.8 Å². The zero-order valence-corrected chi connectivity index (χ0v) is 20.2. The number of aromatic hydroxyl groups is 1. The normalized spacial score (nSPS) is 14.7. The van der Waals surface area contributed by atoms with Crippen LogP contribution in [-0.2, 0) is 17.8 Å². The highest BCUT2D eigenvalue weighted by Gasteiger charge is 2.33. The molecule has 0 radical (unpaired) electrons. The van der Waals surface area contributed by atoms with Crippen molar-refractivity contribution >= 4 is 5.97 Å². The number of pyridine rings is 1. The highest BCUT2D eigenvalue weighted by molar-refractivity contribution is 5.77. The van der Waals surface area contributed by atoms with Crippen LogP contribution in [0.2, 0.25) is 0 Å². The third-order valence-electron chi connectivity index (χ3n) is 6.07. The number of hydrogen-bond donors (Lipinski definition) is 1. The molecule has 0 spiro atoms. The number of aromatic nitrogens is 1. The molecule has 7 heteroatoms. The Hall–Kier alpha value is -4.00. The molecule has 2 aromatic carbocycles. The lowest BCUT2D eigenvalue weighted by molar-refractivity contribution is -0.135. The highest BCUT2D eigenvalue weighted by atomic mass is 16.5. The summed E-state index contributed by atoms with van der Waals surface area (Å²) >= 11 is 0. The van der Waals surface area contributed by atoms with Gasteiger partial charge in [0.1, 0.15) is 18.1 Å². The molecule has 0 bridgehead atoms. The van der Waals surface area contributed by atoms with Crippen LogP contribution in [0, 0.1) is 6.92 Å².